The number of carbonyl (C=O) groups is 1. The highest BCUT2D eigenvalue weighted by atomic mass is 16.4. The molecule has 0 bridgehead atoms. The lowest BCUT2D eigenvalue weighted by Gasteiger charge is -2.19. The van der Waals surface area contributed by atoms with Crippen molar-refractivity contribution < 1.29 is 15.0 Å². The highest BCUT2D eigenvalue weighted by Crippen LogP contribution is 2.64. The third-order valence-electron chi connectivity index (χ3n) is 4.70. The number of hydrogen-bond donors (Lipinski definition) is 2. The SMILES string of the molecule is CN1[C@H]2CC[C@@H]3[C@@H](C(=O)O)[C@@H](O)CC321. The Balaban J connectivity index is 1.95. The molecule has 0 amide bonds. The Morgan fingerprint density at radius 1 is 1.50 bits per heavy atom. The minimum Gasteiger partial charge on any atom is -0.481 e. The molecule has 1 heterocycles. The van der Waals surface area contributed by atoms with E-state index in [2.05, 4.69) is 4.90 Å². The average Bonchev–Trinajstić information content (AvgIpc) is 2.44. The summed E-state index contributed by atoms with van der Waals surface area (Å²) in [4.78, 5) is 13.3. The Morgan fingerprint density at radius 3 is 2.79 bits per heavy atom. The molecule has 1 aliphatic heterocycles. The van der Waals surface area contributed by atoms with Crippen molar-refractivity contribution in [3.63, 3.8) is 0 Å². The maximum absolute atomic E-state index is 11.0. The Labute approximate surface area is 82.5 Å². The van der Waals surface area contributed by atoms with E-state index in [-0.39, 0.29) is 11.5 Å². The number of hydrogen-bond acceptors (Lipinski definition) is 3. The molecule has 4 nitrogen and oxygen atoms in total. The third-order valence-corrected chi connectivity index (χ3v) is 4.70. The largest absolute Gasteiger partial charge is 0.481 e. The molecule has 2 saturated carbocycles. The monoisotopic (exact) mass is 197 g/mol. The van der Waals surface area contributed by atoms with Crippen molar-refractivity contribution in [2.45, 2.75) is 36.9 Å². The number of likely N-dealkylation sites (N-methyl/N-ethyl adjacent to an activating group) is 1. The van der Waals surface area contributed by atoms with Crippen LogP contribution in [-0.2, 0) is 4.79 Å². The van der Waals surface area contributed by atoms with Gasteiger partial charge in [-0.15, -0.1) is 0 Å². The summed E-state index contributed by atoms with van der Waals surface area (Å²) in [5, 5.41) is 18.8. The van der Waals surface area contributed by atoms with Crippen LogP contribution in [0.5, 0.6) is 0 Å². The predicted octanol–water partition coefficient (Wildman–Crippen LogP) is -0.0854. The fraction of sp³-hybridized carbons (Fsp3) is 0.900. The summed E-state index contributed by atoms with van der Waals surface area (Å²) in [5.41, 5.74) is 0.0580. The van der Waals surface area contributed by atoms with Gasteiger partial charge in [0, 0.05) is 11.6 Å². The van der Waals surface area contributed by atoms with E-state index in [9.17, 15) is 9.90 Å². The number of aliphatic hydroxyl groups excluding tert-OH is 1. The first-order chi connectivity index (χ1) is 6.59. The highest BCUT2D eigenvalue weighted by molar-refractivity contribution is 5.73. The average molecular weight is 197 g/mol. The summed E-state index contributed by atoms with van der Waals surface area (Å²) < 4.78 is 0. The van der Waals surface area contributed by atoms with Crippen LogP contribution < -0.4 is 0 Å². The normalized spacial score (nSPS) is 59.4. The van der Waals surface area contributed by atoms with Crippen LogP contribution >= 0.6 is 0 Å². The lowest BCUT2D eigenvalue weighted by atomic mass is 9.90. The van der Waals surface area contributed by atoms with Gasteiger partial charge in [0.25, 0.3) is 0 Å². The second kappa shape index (κ2) is 2.31. The summed E-state index contributed by atoms with van der Waals surface area (Å²) in [6.07, 6.45) is 2.11. The minimum absolute atomic E-state index is 0.0580. The topological polar surface area (TPSA) is 60.5 Å². The van der Waals surface area contributed by atoms with Gasteiger partial charge in [0.05, 0.1) is 12.0 Å². The number of carboxylic acids is 1. The second-order valence-corrected chi connectivity index (χ2v) is 4.94. The highest BCUT2D eigenvalue weighted by Gasteiger charge is 2.74. The number of piperidine rings is 1. The van der Waals surface area contributed by atoms with Gasteiger partial charge in [-0.1, -0.05) is 0 Å². The Kier molecular flexibility index (Phi) is 1.43. The van der Waals surface area contributed by atoms with Gasteiger partial charge in [-0.3, -0.25) is 9.69 Å². The fourth-order valence-corrected chi connectivity index (χ4v) is 4.10. The van der Waals surface area contributed by atoms with E-state index in [0.717, 1.165) is 12.8 Å². The van der Waals surface area contributed by atoms with Crippen LogP contribution in [0, 0.1) is 11.8 Å². The number of aliphatic hydroxyl groups is 1. The Morgan fingerprint density at radius 2 is 2.21 bits per heavy atom. The van der Waals surface area contributed by atoms with E-state index in [4.69, 9.17) is 5.11 Å². The smallest absolute Gasteiger partial charge is 0.309 e. The molecule has 1 saturated heterocycles. The first-order valence-corrected chi connectivity index (χ1v) is 5.23. The standard InChI is InChI=1S/C10H15NO3/c1-11-7-3-2-5-8(9(13)14)6(12)4-10(5,7)11/h5-8,12H,2-4H2,1H3,(H,13,14)/t5-,6+,7+,8-,10?,11?/m1/s1. The molecular weight excluding hydrogens is 182 g/mol. The minimum atomic E-state index is -0.819. The number of likely N-dealkylation sites (tertiary alicyclic amines) is 1. The molecule has 3 fully saturated rings. The molecule has 0 radical (unpaired) electrons. The van der Waals surface area contributed by atoms with Crippen LogP contribution in [-0.4, -0.2) is 45.8 Å². The lowest BCUT2D eigenvalue weighted by molar-refractivity contribution is -0.146. The third kappa shape index (κ3) is 0.718. The Bertz CT molecular complexity index is 306. The predicted molar refractivity (Wildman–Crippen MR) is 48.8 cm³/mol. The zero-order chi connectivity index (χ0) is 10.1. The molecule has 0 aromatic carbocycles. The number of nitrogens with zero attached hydrogens (tertiary/aromatic N) is 1. The van der Waals surface area contributed by atoms with Gasteiger partial charge < -0.3 is 10.2 Å². The van der Waals surface area contributed by atoms with Gasteiger partial charge in [-0.05, 0) is 32.2 Å². The molecule has 3 aliphatic rings. The van der Waals surface area contributed by atoms with Crippen LogP contribution in [0.2, 0.25) is 0 Å². The van der Waals surface area contributed by atoms with Crippen LogP contribution in [0.1, 0.15) is 19.3 Å². The molecule has 4 heteroatoms. The maximum Gasteiger partial charge on any atom is 0.309 e. The quantitative estimate of drug-likeness (QED) is 0.577. The van der Waals surface area contributed by atoms with Crippen LogP contribution in [0.25, 0.3) is 0 Å². The number of carboxylic acid groups (broad SMARTS) is 1. The molecule has 78 valence electrons. The van der Waals surface area contributed by atoms with Crippen LogP contribution in [0.4, 0.5) is 0 Å². The summed E-state index contributed by atoms with van der Waals surface area (Å²) in [6, 6.07) is 0.548. The van der Waals surface area contributed by atoms with Gasteiger partial charge in [0.15, 0.2) is 0 Å². The zero-order valence-corrected chi connectivity index (χ0v) is 8.18. The summed E-state index contributed by atoms with van der Waals surface area (Å²) >= 11 is 0. The number of rotatable bonds is 1. The van der Waals surface area contributed by atoms with Crippen molar-refractivity contribution in [1.82, 2.24) is 4.90 Å². The summed E-state index contributed by atoms with van der Waals surface area (Å²) in [7, 11) is 2.05. The van der Waals surface area contributed by atoms with Crippen molar-refractivity contribution in [2.24, 2.45) is 11.8 Å². The van der Waals surface area contributed by atoms with Crippen molar-refractivity contribution in [2.75, 3.05) is 7.05 Å². The van der Waals surface area contributed by atoms with Crippen molar-refractivity contribution in [1.29, 1.82) is 0 Å². The molecule has 14 heavy (non-hydrogen) atoms. The molecule has 2 unspecified atom stereocenters. The van der Waals surface area contributed by atoms with E-state index in [1.54, 1.807) is 0 Å². The van der Waals surface area contributed by atoms with E-state index >= 15 is 0 Å². The zero-order valence-electron chi connectivity index (χ0n) is 8.18. The lowest BCUT2D eigenvalue weighted by Crippen LogP contribution is -2.30. The van der Waals surface area contributed by atoms with Gasteiger partial charge in [-0.25, -0.2) is 0 Å². The second-order valence-electron chi connectivity index (χ2n) is 4.94. The van der Waals surface area contributed by atoms with Crippen molar-refractivity contribution in [3.8, 4) is 0 Å². The van der Waals surface area contributed by atoms with Gasteiger partial charge >= 0.3 is 5.97 Å². The molecule has 2 N–H and O–H groups in total. The summed E-state index contributed by atoms with van der Waals surface area (Å²) in [5.74, 6) is -1.16. The van der Waals surface area contributed by atoms with Gasteiger partial charge in [-0.2, -0.15) is 0 Å². The molecule has 0 aromatic rings. The molecular formula is C10H15NO3. The maximum atomic E-state index is 11.0. The molecule has 3 rings (SSSR count). The van der Waals surface area contributed by atoms with Crippen molar-refractivity contribution in [3.05, 3.63) is 0 Å². The van der Waals surface area contributed by atoms with E-state index in [1.807, 2.05) is 7.05 Å². The van der Waals surface area contributed by atoms with Gasteiger partial charge in [0.2, 0.25) is 0 Å². The molecule has 0 aromatic heterocycles. The molecule has 2 aliphatic carbocycles. The first kappa shape index (κ1) is 8.68. The molecule has 1 spiro atoms. The van der Waals surface area contributed by atoms with Crippen LogP contribution in [0.15, 0.2) is 0 Å². The summed E-state index contributed by atoms with van der Waals surface area (Å²) in [6.45, 7) is 0. The van der Waals surface area contributed by atoms with Crippen LogP contribution in [0.3, 0.4) is 0 Å². The van der Waals surface area contributed by atoms with E-state index in [0.29, 0.717) is 12.5 Å². The number of aliphatic carboxylic acids is 1. The van der Waals surface area contributed by atoms with Gasteiger partial charge in [0.1, 0.15) is 0 Å². The Hall–Kier alpha value is -0.610. The van der Waals surface area contributed by atoms with Crippen molar-refractivity contribution >= 4 is 5.97 Å². The molecule has 6 atom stereocenters. The first-order valence-electron chi connectivity index (χ1n) is 5.23. The fourth-order valence-electron chi connectivity index (χ4n) is 4.10. The van der Waals surface area contributed by atoms with E-state index in [1.165, 1.54) is 0 Å². The van der Waals surface area contributed by atoms with E-state index < -0.39 is 18.0 Å².